The van der Waals surface area contributed by atoms with Gasteiger partial charge >= 0.3 is 5.69 Å². The van der Waals surface area contributed by atoms with E-state index in [-0.39, 0.29) is 16.8 Å². The van der Waals surface area contributed by atoms with Gasteiger partial charge in [-0.05, 0) is 38.0 Å². The molecule has 0 radical (unpaired) electrons. The standard InChI is InChI=1S/C11H16ClN5O2/c1-15-5-3-4-8(15)7-16(2)10-9(17(18)19)6-13-11(12)14-10/h6,8H,3-5,7H2,1-2H3. The first-order chi connectivity index (χ1) is 8.99. The Labute approximate surface area is 116 Å². The first kappa shape index (κ1) is 14.0. The van der Waals surface area contributed by atoms with Crippen LogP contribution in [-0.4, -0.2) is 53.0 Å². The summed E-state index contributed by atoms with van der Waals surface area (Å²) >= 11 is 5.73. The molecule has 0 bridgehead atoms. The summed E-state index contributed by atoms with van der Waals surface area (Å²) < 4.78 is 0. The van der Waals surface area contributed by atoms with Crippen molar-refractivity contribution in [1.82, 2.24) is 14.9 Å². The summed E-state index contributed by atoms with van der Waals surface area (Å²) in [5.74, 6) is 0.269. The lowest BCUT2D eigenvalue weighted by molar-refractivity contribution is -0.384. The molecule has 8 heteroatoms. The average molecular weight is 286 g/mol. The molecule has 1 aliphatic rings. The normalized spacial score (nSPS) is 19.6. The lowest BCUT2D eigenvalue weighted by Gasteiger charge is -2.26. The minimum absolute atomic E-state index is 0.0206. The maximum absolute atomic E-state index is 11.0. The minimum atomic E-state index is -0.486. The number of aromatic nitrogens is 2. The molecule has 0 spiro atoms. The first-order valence-corrected chi connectivity index (χ1v) is 6.45. The highest BCUT2D eigenvalue weighted by molar-refractivity contribution is 6.28. The summed E-state index contributed by atoms with van der Waals surface area (Å²) in [5.41, 5.74) is -0.118. The monoisotopic (exact) mass is 285 g/mol. The molecule has 1 saturated heterocycles. The SMILES string of the molecule is CN(CC1CCCN1C)c1nc(Cl)ncc1[N+](=O)[O-]. The van der Waals surface area contributed by atoms with E-state index in [1.165, 1.54) is 0 Å². The van der Waals surface area contributed by atoms with Crippen molar-refractivity contribution in [3.63, 3.8) is 0 Å². The lowest BCUT2D eigenvalue weighted by Crippen LogP contribution is -2.37. The molecule has 0 amide bonds. The van der Waals surface area contributed by atoms with Gasteiger partial charge in [-0.2, -0.15) is 4.98 Å². The van der Waals surface area contributed by atoms with Crippen molar-refractivity contribution in [1.29, 1.82) is 0 Å². The van der Waals surface area contributed by atoms with Crippen LogP contribution in [0.1, 0.15) is 12.8 Å². The number of hydrogen-bond acceptors (Lipinski definition) is 6. The molecule has 0 N–H and O–H groups in total. The Bertz CT molecular complexity index is 484. The molecule has 1 aromatic rings. The van der Waals surface area contributed by atoms with Gasteiger partial charge in [-0.25, -0.2) is 4.98 Å². The van der Waals surface area contributed by atoms with Gasteiger partial charge < -0.3 is 9.80 Å². The molecule has 0 aliphatic carbocycles. The van der Waals surface area contributed by atoms with Crippen LogP contribution in [0.4, 0.5) is 11.5 Å². The summed E-state index contributed by atoms with van der Waals surface area (Å²) in [4.78, 5) is 22.2. The van der Waals surface area contributed by atoms with E-state index in [0.29, 0.717) is 12.6 Å². The first-order valence-electron chi connectivity index (χ1n) is 6.07. The maximum Gasteiger partial charge on any atom is 0.329 e. The highest BCUT2D eigenvalue weighted by atomic mass is 35.5. The van der Waals surface area contributed by atoms with E-state index >= 15 is 0 Å². The predicted octanol–water partition coefficient (Wildman–Crippen LogP) is 1.57. The van der Waals surface area contributed by atoms with E-state index in [1.54, 1.807) is 11.9 Å². The van der Waals surface area contributed by atoms with Crippen molar-refractivity contribution < 1.29 is 4.92 Å². The van der Waals surface area contributed by atoms with Gasteiger partial charge in [-0.1, -0.05) is 0 Å². The summed E-state index contributed by atoms with van der Waals surface area (Å²) in [7, 11) is 3.85. The summed E-state index contributed by atoms with van der Waals surface area (Å²) in [6.45, 7) is 1.75. The molecular formula is C11H16ClN5O2. The van der Waals surface area contributed by atoms with Gasteiger partial charge in [0.2, 0.25) is 11.1 Å². The molecule has 2 rings (SSSR count). The second-order valence-corrected chi connectivity index (χ2v) is 5.10. The van der Waals surface area contributed by atoms with Gasteiger partial charge in [0.05, 0.1) is 4.92 Å². The third-order valence-corrected chi connectivity index (χ3v) is 3.62. The van der Waals surface area contributed by atoms with Crippen molar-refractivity contribution >= 4 is 23.1 Å². The predicted molar refractivity (Wildman–Crippen MR) is 72.6 cm³/mol. The molecule has 7 nitrogen and oxygen atoms in total. The second-order valence-electron chi connectivity index (χ2n) is 4.76. The molecule has 1 unspecified atom stereocenters. The van der Waals surface area contributed by atoms with Crippen molar-refractivity contribution in [3.8, 4) is 0 Å². The quantitative estimate of drug-likeness (QED) is 0.475. The lowest BCUT2D eigenvalue weighted by atomic mass is 10.2. The van der Waals surface area contributed by atoms with Crippen molar-refractivity contribution in [2.75, 3.05) is 32.1 Å². The Morgan fingerprint density at radius 3 is 3.00 bits per heavy atom. The smallest absolute Gasteiger partial charge is 0.329 e. The third-order valence-electron chi connectivity index (χ3n) is 3.44. The molecule has 1 aromatic heterocycles. The van der Waals surface area contributed by atoms with E-state index in [2.05, 4.69) is 21.9 Å². The third kappa shape index (κ3) is 3.10. The highest BCUT2D eigenvalue weighted by Gasteiger charge is 2.26. The van der Waals surface area contributed by atoms with E-state index < -0.39 is 4.92 Å². The van der Waals surface area contributed by atoms with Gasteiger partial charge in [-0.15, -0.1) is 0 Å². The Balaban J connectivity index is 2.20. The molecular weight excluding hydrogens is 270 g/mol. The Hall–Kier alpha value is -1.47. The number of nitrogens with zero attached hydrogens (tertiary/aromatic N) is 5. The van der Waals surface area contributed by atoms with Crippen molar-refractivity contribution in [2.45, 2.75) is 18.9 Å². The summed E-state index contributed by atoms with van der Waals surface area (Å²) in [5, 5.41) is 11.0. The van der Waals surface area contributed by atoms with Crippen LogP contribution in [0.5, 0.6) is 0 Å². The van der Waals surface area contributed by atoms with Gasteiger partial charge in [-0.3, -0.25) is 10.1 Å². The number of likely N-dealkylation sites (N-methyl/N-ethyl adjacent to an activating group) is 2. The van der Waals surface area contributed by atoms with Crippen molar-refractivity contribution in [2.24, 2.45) is 0 Å². The van der Waals surface area contributed by atoms with Crippen LogP contribution in [0.3, 0.4) is 0 Å². The van der Waals surface area contributed by atoms with E-state index in [0.717, 1.165) is 25.6 Å². The van der Waals surface area contributed by atoms with Crippen molar-refractivity contribution in [3.05, 3.63) is 21.6 Å². The minimum Gasteiger partial charge on any atom is -0.352 e. The van der Waals surface area contributed by atoms with Gasteiger partial charge in [0.25, 0.3) is 0 Å². The molecule has 1 aliphatic heterocycles. The molecule has 1 fully saturated rings. The number of halogens is 1. The van der Waals surface area contributed by atoms with E-state index in [4.69, 9.17) is 11.6 Å². The van der Waals surface area contributed by atoms with Crippen LogP contribution < -0.4 is 4.90 Å². The zero-order valence-electron chi connectivity index (χ0n) is 10.9. The fourth-order valence-corrected chi connectivity index (χ4v) is 2.50. The average Bonchev–Trinajstić information content (AvgIpc) is 2.74. The zero-order chi connectivity index (χ0) is 14.0. The molecule has 19 heavy (non-hydrogen) atoms. The Kier molecular flexibility index (Phi) is 4.16. The number of nitro groups is 1. The number of hydrogen-bond donors (Lipinski definition) is 0. The molecule has 0 aromatic carbocycles. The fraction of sp³-hybridized carbons (Fsp3) is 0.636. The highest BCUT2D eigenvalue weighted by Crippen LogP contribution is 2.26. The number of likely N-dealkylation sites (tertiary alicyclic amines) is 1. The number of rotatable bonds is 4. The van der Waals surface area contributed by atoms with Crippen LogP contribution in [0, 0.1) is 10.1 Å². The zero-order valence-corrected chi connectivity index (χ0v) is 11.7. The topological polar surface area (TPSA) is 75.4 Å². The summed E-state index contributed by atoms with van der Waals surface area (Å²) in [6, 6.07) is 0.387. The number of anilines is 1. The van der Waals surface area contributed by atoms with Crippen LogP contribution in [0.15, 0.2) is 6.20 Å². The largest absolute Gasteiger partial charge is 0.352 e. The van der Waals surface area contributed by atoms with E-state index in [1.807, 2.05) is 0 Å². The fourth-order valence-electron chi connectivity index (χ4n) is 2.37. The van der Waals surface area contributed by atoms with Crippen LogP contribution in [-0.2, 0) is 0 Å². The molecule has 2 heterocycles. The molecule has 104 valence electrons. The molecule has 1 atom stereocenters. The summed E-state index contributed by atoms with van der Waals surface area (Å²) in [6.07, 6.45) is 3.40. The van der Waals surface area contributed by atoms with Gasteiger partial charge in [0.15, 0.2) is 0 Å². The van der Waals surface area contributed by atoms with Crippen LogP contribution in [0.25, 0.3) is 0 Å². The van der Waals surface area contributed by atoms with Gasteiger partial charge in [0.1, 0.15) is 6.20 Å². The van der Waals surface area contributed by atoms with Crippen LogP contribution >= 0.6 is 11.6 Å². The Morgan fingerprint density at radius 1 is 1.68 bits per heavy atom. The second kappa shape index (κ2) is 5.66. The van der Waals surface area contributed by atoms with Crippen LogP contribution in [0.2, 0.25) is 5.28 Å². The Morgan fingerprint density at radius 2 is 2.42 bits per heavy atom. The molecule has 0 saturated carbocycles. The van der Waals surface area contributed by atoms with E-state index in [9.17, 15) is 10.1 Å². The van der Waals surface area contributed by atoms with Gasteiger partial charge in [0, 0.05) is 19.6 Å². The maximum atomic E-state index is 11.0.